The van der Waals surface area contributed by atoms with Crippen molar-refractivity contribution in [3.63, 3.8) is 0 Å². The SMILES string of the molecule is O=C(C(C(=O)C(F)(F)F)=S1CCCC1)C(F)(F)F. The third-order valence-corrected chi connectivity index (χ3v) is 4.76. The maximum atomic E-state index is 12.2. The average Bonchev–Trinajstić information content (AvgIpc) is 2.68. The van der Waals surface area contributed by atoms with Crippen LogP contribution in [0.15, 0.2) is 0 Å². The van der Waals surface area contributed by atoms with Gasteiger partial charge in [0.25, 0.3) is 11.6 Å². The zero-order chi connectivity index (χ0) is 14.1. The summed E-state index contributed by atoms with van der Waals surface area (Å²) in [6.45, 7) is 0. The molecule has 1 heterocycles. The summed E-state index contributed by atoms with van der Waals surface area (Å²) in [4.78, 5) is 20.3. The average molecular weight is 294 g/mol. The molecule has 1 rings (SSSR count). The molecule has 0 unspecified atom stereocenters. The maximum absolute atomic E-state index is 12.2. The second kappa shape index (κ2) is 5.02. The first kappa shape index (κ1) is 15.2. The Morgan fingerprint density at radius 2 is 1.11 bits per heavy atom. The first-order valence-electron chi connectivity index (χ1n) is 4.82. The smallest absolute Gasteiger partial charge is 0.283 e. The highest BCUT2D eigenvalue weighted by molar-refractivity contribution is 8.18. The molecule has 104 valence electrons. The minimum absolute atomic E-state index is 0.0268. The number of Topliss-reactive ketones (excluding diaryl/α,β-unsaturated/α-hetero) is 2. The first-order chi connectivity index (χ1) is 8.05. The van der Waals surface area contributed by atoms with Gasteiger partial charge in [0.05, 0.1) is 0 Å². The van der Waals surface area contributed by atoms with E-state index in [9.17, 15) is 35.9 Å². The number of ketones is 2. The van der Waals surface area contributed by atoms with Gasteiger partial charge in [0, 0.05) is 0 Å². The lowest BCUT2D eigenvalue weighted by Gasteiger charge is -2.13. The molecular formula is C9H8F6O2S. The van der Waals surface area contributed by atoms with Crippen molar-refractivity contribution < 1.29 is 35.9 Å². The predicted octanol–water partition coefficient (Wildman–Crippen LogP) is 2.48. The van der Waals surface area contributed by atoms with E-state index in [-0.39, 0.29) is 11.5 Å². The fraction of sp³-hybridized carbons (Fsp3) is 0.667. The number of carbonyl (C=O) groups excluding carboxylic acids is 2. The molecule has 0 bridgehead atoms. The summed E-state index contributed by atoms with van der Waals surface area (Å²) in [7, 11) is -1.54. The lowest BCUT2D eigenvalue weighted by Crippen LogP contribution is -2.42. The van der Waals surface area contributed by atoms with Crippen LogP contribution in [0.5, 0.6) is 0 Å². The van der Waals surface area contributed by atoms with Crippen LogP contribution in [-0.4, -0.2) is 40.3 Å². The molecule has 0 atom stereocenters. The van der Waals surface area contributed by atoms with Crippen LogP contribution >= 0.6 is 10.5 Å². The summed E-state index contributed by atoms with van der Waals surface area (Å²) < 4.78 is 73.3. The molecule has 18 heavy (non-hydrogen) atoms. The number of rotatable bonds is 2. The van der Waals surface area contributed by atoms with Crippen molar-refractivity contribution in [1.82, 2.24) is 0 Å². The highest BCUT2D eigenvalue weighted by Gasteiger charge is 2.51. The second-order valence-electron chi connectivity index (χ2n) is 3.59. The summed E-state index contributed by atoms with van der Waals surface area (Å²) in [6, 6.07) is 0. The molecule has 0 saturated carbocycles. The monoisotopic (exact) mass is 294 g/mol. The van der Waals surface area contributed by atoms with Gasteiger partial charge in [0.15, 0.2) is 0 Å². The van der Waals surface area contributed by atoms with Crippen LogP contribution in [0.2, 0.25) is 0 Å². The van der Waals surface area contributed by atoms with E-state index >= 15 is 0 Å². The molecule has 1 aliphatic heterocycles. The minimum atomic E-state index is -5.45. The Morgan fingerprint density at radius 1 is 0.778 bits per heavy atom. The van der Waals surface area contributed by atoms with Crippen LogP contribution < -0.4 is 0 Å². The van der Waals surface area contributed by atoms with Crippen LogP contribution in [0, 0.1) is 0 Å². The predicted molar refractivity (Wildman–Crippen MR) is 53.7 cm³/mol. The fourth-order valence-corrected chi connectivity index (χ4v) is 3.95. The van der Waals surface area contributed by atoms with Crippen molar-refractivity contribution in [2.24, 2.45) is 0 Å². The Labute approximate surface area is 100 Å². The van der Waals surface area contributed by atoms with Crippen LogP contribution in [-0.2, 0) is 9.59 Å². The number of alkyl halides is 6. The third-order valence-electron chi connectivity index (χ3n) is 2.25. The van der Waals surface area contributed by atoms with Crippen molar-refractivity contribution in [3.05, 3.63) is 0 Å². The fourth-order valence-electron chi connectivity index (χ4n) is 1.48. The number of carbonyl (C=O) groups is 2. The summed E-state index contributed by atoms with van der Waals surface area (Å²) in [5.41, 5.74) is 0. The van der Waals surface area contributed by atoms with E-state index in [1.807, 2.05) is 0 Å². The van der Waals surface area contributed by atoms with Gasteiger partial charge < -0.3 is 0 Å². The Morgan fingerprint density at radius 3 is 1.39 bits per heavy atom. The van der Waals surface area contributed by atoms with Crippen molar-refractivity contribution in [2.75, 3.05) is 11.5 Å². The molecule has 0 aliphatic carbocycles. The molecule has 2 nitrogen and oxygen atoms in total. The van der Waals surface area contributed by atoms with Crippen molar-refractivity contribution in [2.45, 2.75) is 25.2 Å². The van der Waals surface area contributed by atoms with Crippen LogP contribution in [0.25, 0.3) is 0 Å². The summed E-state index contributed by atoms with van der Waals surface area (Å²) in [6.07, 6.45) is -10.1. The van der Waals surface area contributed by atoms with E-state index in [4.69, 9.17) is 0 Å². The normalized spacial score (nSPS) is 17.9. The highest BCUT2D eigenvalue weighted by atomic mass is 32.2. The van der Waals surface area contributed by atoms with Gasteiger partial charge >= 0.3 is 12.4 Å². The van der Waals surface area contributed by atoms with E-state index in [0.29, 0.717) is 12.8 Å². The van der Waals surface area contributed by atoms with Gasteiger partial charge in [-0.3, -0.25) is 9.59 Å². The molecule has 1 aliphatic rings. The molecule has 0 N–H and O–H groups in total. The third kappa shape index (κ3) is 3.33. The van der Waals surface area contributed by atoms with Gasteiger partial charge in [-0.15, -0.1) is 0 Å². The van der Waals surface area contributed by atoms with E-state index < -0.39 is 39.3 Å². The van der Waals surface area contributed by atoms with Gasteiger partial charge in [-0.1, -0.05) is 0 Å². The Hall–Kier alpha value is -0.860. The van der Waals surface area contributed by atoms with Crippen LogP contribution in [0.3, 0.4) is 0 Å². The largest absolute Gasteiger partial charge is 0.455 e. The van der Waals surface area contributed by atoms with E-state index in [1.54, 1.807) is 0 Å². The first-order valence-corrected chi connectivity index (χ1v) is 6.39. The summed E-state index contributed by atoms with van der Waals surface area (Å²) in [5.74, 6) is -5.26. The molecular weight excluding hydrogens is 286 g/mol. The maximum Gasteiger partial charge on any atom is 0.455 e. The molecule has 9 heteroatoms. The second-order valence-corrected chi connectivity index (χ2v) is 5.80. The molecule has 0 aromatic heterocycles. The van der Waals surface area contributed by atoms with Crippen molar-refractivity contribution in [1.29, 1.82) is 0 Å². The van der Waals surface area contributed by atoms with Crippen LogP contribution in [0.1, 0.15) is 12.8 Å². The van der Waals surface area contributed by atoms with Gasteiger partial charge in [-0.2, -0.15) is 36.8 Å². The lowest BCUT2D eigenvalue weighted by atomic mass is 10.2. The minimum Gasteiger partial charge on any atom is -0.283 e. The van der Waals surface area contributed by atoms with E-state index in [0.717, 1.165) is 0 Å². The van der Waals surface area contributed by atoms with Gasteiger partial charge in [0.2, 0.25) is 0 Å². The van der Waals surface area contributed by atoms with Gasteiger partial charge in [-0.05, 0) is 24.3 Å². The molecule has 1 fully saturated rings. The molecule has 1 saturated heterocycles. The molecule has 0 amide bonds. The Balaban J connectivity index is 3.25. The number of halogens is 6. The van der Waals surface area contributed by atoms with Crippen LogP contribution in [0.4, 0.5) is 26.3 Å². The van der Waals surface area contributed by atoms with Gasteiger partial charge in [-0.25, -0.2) is 0 Å². The van der Waals surface area contributed by atoms with Gasteiger partial charge in [0.1, 0.15) is 4.86 Å². The summed E-state index contributed by atoms with van der Waals surface area (Å²) >= 11 is 0. The Kier molecular flexibility index (Phi) is 4.24. The zero-order valence-electron chi connectivity index (χ0n) is 8.82. The van der Waals surface area contributed by atoms with E-state index in [1.165, 1.54) is 0 Å². The summed E-state index contributed by atoms with van der Waals surface area (Å²) in [5, 5.41) is 0. The molecule has 0 spiro atoms. The quantitative estimate of drug-likeness (QED) is 0.445. The standard InChI is InChI=1S/C9H8F6O2S/c10-8(11,12)6(16)5(7(17)9(13,14)15)18-3-1-2-4-18/h1-4H2. The Bertz CT molecular complexity index is 370. The topological polar surface area (TPSA) is 34.1 Å². The lowest BCUT2D eigenvalue weighted by molar-refractivity contribution is -0.169. The van der Waals surface area contributed by atoms with Crippen molar-refractivity contribution >= 4 is 26.9 Å². The molecule has 0 aromatic rings. The molecule has 0 radical (unpaired) electrons. The number of hydrogen-bond donors (Lipinski definition) is 0. The zero-order valence-corrected chi connectivity index (χ0v) is 9.64. The van der Waals surface area contributed by atoms with E-state index in [2.05, 4.69) is 0 Å². The number of hydrogen-bond acceptors (Lipinski definition) is 2. The highest BCUT2D eigenvalue weighted by Crippen LogP contribution is 2.33. The van der Waals surface area contributed by atoms with Crippen molar-refractivity contribution in [3.8, 4) is 0 Å². The molecule has 0 aromatic carbocycles.